The number of thioether (sulfide) groups is 1. The van der Waals surface area contributed by atoms with Crippen molar-refractivity contribution in [1.29, 1.82) is 0 Å². The highest BCUT2D eigenvalue weighted by Crippen LogP contribution is 2.23. The summed E-state index contributed by atoms with van der Waals surface area (Å²) < 4.78 is 0. The normalized spacial score (nSPS) is 12.2. The van der Waals surface area contributed by atoms with Crippen LogP contribution in [0.4, 0.5) is 5.69 Å². The highest BCUT2D eigenvalue weighted by Gasteiger charge is 2.14. The van der Waals surface area contributed by atoms with Gasteiger partial charge in [0.1, 0.15) is 5.75 Å². The van der Waals surface area contributed by atoms with Crippen molar-refractivity contribution >= 4 is 23.4 Å². The molecule has 0 unspecified atom stereocenters. The number of phenols is 1. The van der Waals surface area contributed by atoms with E-state index in [0.717, 1.165) is 11.3 Å². The number of hydrogen-bond donors (Lipinski definition) is 3. The molecule has 17 heavy (non-hydrogen) atoms. The lowest BCUT2D eigenvalue weighted by atomic mass is 10.2. The fraction of sp³-hybridized carbons (Fsp3) is 0.417. The minimum absolute atomic E-state index is 0.0565. The van der Waals surface area contributed by atoms with E-state index in [1.807, 2.05) is 13.2 Å². The first-order valence-electron chi connectivity index (χ1n) is 5.39. The summed E-state index contributed by atoms with van der Waals surface area (Å²) in [6.45, 7) is 1.89. The van der Waals surface area contributed by atoms with Crippen LogP contribution in [0.2, 0.25) is 0 Å². The number of anilines is 1. The fourth-order valence-electron chi connectivity index (χ4n) is 1.35. The van der Waals surface area contributed by atoms with Gasteiger partial charge in [-0.05, 0) is 43.0 Å². The number of hydrogen-bond acceptors (Lipinski definition) is 4. The molecule has 5 heteroatoms. The van der Waals surface area contributed by atoms with Crippen LogP contribution in [0, 0.1) is 6.92 Å². The highest BCUT2D eigenvalue weighted by molar-refractivity contribution is 7.98. The van der Waals surface area contributed by atoms with Crippen molar-refractivity contribution in [2.24, 2.45) is 5.73 Å². The molecular weight excluding hydrogens is 236 g/mol. The summed E-state index contributed by atoms with van der Waals surface area (Å²) in [7, 11) is 0. The van der Waals surface area contributed by atoms with Crippen LogP contribution < -0.4 is 11.1 Å². The van der Waals surface area contributed by atoms with Crippen molar-refractivity contribution < 1.29 is 9.90 Å². The molecule has 1 amide bonds. The van der Waals surface area contributed by atoms with Crippen LogP contribution in [0.5, 0.6) is 5.75 Å². The van der Waals surface area contributed by atoms with Gasteiger partial charge in [0.05, 0.1) is 11.7 Å². The minimum Gasteiger partial charge on any atom is -0.506 e. The fourth-order valence-corrected chi connectivity index (χ4v) is 1.84. The van der Waals surface area contributed by atoms with Gasteiger partial charge in [0.25, 0.3) is 0 Å². The molecule has 0 fully saturated rings. The van der Waals surface area contributed by atoms with Gasteiger partial charge in [-0.1, -0.05) is 6.07 Å². The molecule has 1 atom stereocenters. The lowest BCUT2D eigenvalue weighted by Crippen LogP contribution is -2.36. The van der Waals surface area contributed by atoms with E-state index in [2.05, 4.69) is 5.32 Å². The van der Waals surface area contributed by atoms with Gasteiger partial charge in [-0.15, -0.1) is 0 Å². The van der Waals surface area contributed by atoms with Crippen LogP contribution in [0.3, 0.4) is 0 Å². The number of carbonyl (C=O) groups is 1. The summed E-state index contributed by atoms with van der Waals surface area (Å²) in [5.41, 5.74) is 7.11. The molecule has 1 aromatic rings. The van der Waals surface area contributed by atoms with Crippen molar-refractivity contribution in [2.45, 2.75) is 19.4 Å². The third-order valence-corrected chi connectivity index (χ3v) is 3.02. The van der Waals surface area contributed by atoms with Crippen LogP contribution >= 0.6 is 11.8 Å². The number of phenolic OH excluding ortho intramolecular Hbond substituents is 1. The van der Waals surface area contributed by atoms with E-state index in [0.29, 0.717) is 12.1 Å². The molecule has 0 spiro atoms. The molecule has 0 aliphatic carbocycles. The molecule has 94 valence electrons. The molecule has 0 aliphatic rings. The second-order valence-corrected chi connectivity index (χ2v) is 4.88. The maximum atomic E-state index is 11.7. The lowest BCUT2D eigenvalue weighted by Gasteiger charge is -2.13. The molecule has 4 N–H and O–H groups in total. The molecule has 0 saturated heterocycles. The smallest absolute Gasteiger partial charge is 0.241 e. The summed E-state index contributed by atoms with van der Waals surface area (Å²) in [5, 5.41) is 12.2. The Morgan fingerprint density at radius 1 is 1.59 bits per heavy atom. The summed E-state index contributed by atoms with van der Waals surface area (Å²) in [4.78, 5) is 11.7. The maximum Gasteiger partial charge on any atom is 0.241 e. The SMILES string of the molecule is CSCC[C@@H](N)C(=O)Nc1cc(C)ccc1O. The second kappa shape index (κ2) is 6.51. The van der Waals surface area contributed by atoms with Gasteiger partial charge < -0.3 is 16.2 Å². The van der Waals surface area contributed by atoms with E-state index < -0.39 is 6.04 Å². The van der Waals surface area contributed by atoms with Crippen molar-refractivity contribution in [1.82, 2.24) is 0 Å². The summed E-state index contributed by atoms with van der Waals surface area (Å²) in [6, 6.07) is 4.51. The van der Waals surface area contributed by atoms with Gasteiger partial charge in [-0.3, -0.25) is 4.79 Å². The number of aromatic hydroxyl groups is 1. The minimum atomic E-state index is -0.539. The van der Waals surface area contributed by atoms with E-state index in [1.165, 1.54) is 0 Å². The van der Waals surface area contributed by atoms with E-state index >= 15 is 0 Å². The third-order valence-electron chi connectivity index (χ3n) is 2.38. The number of rotatable bonds is 5. The highest BCUT2D eigenvalue weighted by atomic mass is 32.2. The zero-order chi connectivity index (χ0) is 12.8. The largest absolute Gasteiger partial charge is 0.506 e. The molecule has 0 saturated carbocycles. The molecule has 0 radical (unpaired) electrons. The van der Waals surface area contributed by atoms with Crippen LogP contribution in [0.25, 0.3) is 0 Å². The Morgan fingerprint density at radius 3 is 2.94 bits per heavy atom. The number of benzene rings is 1. The number of aryl methyl sites for hydroxylation is 1. The Labute approximate surface area is 106 Å². The quantitative estimate of drug-likeness (QED) is 0.699. The Hall–Kier alpha value is -1.20. The molecule has 1 aromatic carbocycles. The van der Waals surface area contributed by atoms with E-state index in [9.17, 15) is 9.90 Å². The average molecular weight is 254 g/mol. The first kappa shape index (κ1) is 13.9. The topological polar surface area (TPSA) is 75.4 Å². The van der Waals surface area contributed by atoms with Crippen LogP contribution in [0.15, 0.2) is 18.2 Å². The van der Waals surface area contributed by atoms with Gasteiger partial charge in [0, 0.05) is 0 Å². The van der Waals surface area contributed by atoms with Crippen molar-refractivity contribution in [3.8, 4) is 5.75 Å². The number of amides is 1. The van der Waals surface area contributed by atoms with E-state index in [4.69, 9.17) is 5.73 Å². The monoisotopic (exact) mass is 254 g/mol. The predicted molar refractivity (Wildman–Crippen MR) is 72.4 cm³/mol. The van der Waals surface area contributed by atoms with Crippen LogP contribution in [0.1, 0.15) is 12.0 Å². The molecule has 0 heterocycles. The Balaban J connectivity index is 2.64. The molecule has 0 bridgehead atoms. The maximum absolute atomic E-state index is 11.7. The van der Waals surface area contributed by atoms with Crippen LogP contribution in [-0.2, 0) is 4.79 Å². The third kappa shape index (κ3) is 4.28. The Bertz CT molecular complexity index is 396. The van der Waals surface area contributed by atoms with E-state index in [1.54, 1.807) is 30.0 Å². The number of nitrogens with two attached hydrogens (primary N) is 1. The molecule has 0 aliphatic heterocycles. The average Bonchev–Trinajstić information content (AvgIpc) is 2.30. The Kier molecular flexibility index (Phi) is 5.31. The molecule has 4 nitrogen and oxygen atoms in total. The van der Waals surface area contributed by atoms with Crippen molar-refractivity contribution in [3.05, 3.63) is 23.8 Å². The predicted octanol–water partition coefficient (Wildman–Crippen LogP) is 1.72. The Morgan fingerprint density at radius 2 is 2.29 bits per heavy atom. The molecule has 1 rings (SSSR count). The van der Waals surface area contributed by atoms with Gasteiger partial charge in [0.2, 0.25) is 5.91 Å². The molecular formula is C12H18N2O2S. The van der Waals surface area contributed by atoms with Crippen molar-refractivity contribution in [2.75, 3.05) is 17.3 Å². The molecule has 0 aromatic heterocycles. The summed E-state index contributed by atoms with van der Waals surface area (Å²) >= 11 is 1.65. The van der Waals surface area contributed by atoms with Gasteiger partial charge >= 0.3 is 0 Å². The second-order valence-electron chi connectivity index (χ2n) is 3.90. The standard InChI is InChI=1S/C12H18N2O2S/c1-8-3-4-11(15)10(7-8)14-12(16)9(13)5-6-17-2/h3-4,7,9,15H,5-6,13H2,1-2H3,(H,14,16)/t9-/m1/s1. The van der Waals surface area contributed by atoms with Gasteiger partial charge in [-0.25, -0.2) is 0 Å². The number of carbonyl (C=O) groups excluding carboxylic acids is 1. The summed E-state index contributed by atoms with van der Waals surface area (Å²) in [5.74, 6) is 0.634. The van der Waals surface area contributed by atoms with Gasteiger partial charge in [0.15, 0.2) is 0 Å². The van der Waals surface area contributed by atoms with Crippen LogP contribution in [-0.4, -0.2) is 29.1 Å². The number of nitrogens with one attached hydrogen (secondary N) is 1. The first-order valence-corrected chi connectivity index (χ1v) is 6.79. The summed E-state index contributed by atoms with van der Waals surface area (Å²) in [6.07, 6.45) is 2.59. The van der Waals surface area contributed by atoms with Gasteiger partial charge in [-0.2, -0.15) is 11.8 Å². The zero-order valence-corrected chi connectivity index (χ0v) is 10.9. The van der Waals surface area contributed by atoms with Crippen molar-refractivity contribution in [3.63, 3.8) is 0 Å². The lowest BCUT2D eigenvalue weighted by molar-refractivity contribution is -0.117. The zero-order valence-electron chi connectivity index (χ0n) is 10.1. The van der Waals surface area contributed by atoms with E-state index in [-0.39, 0.29) is 11.7 Å². The first-order chi connectivity index (χ1) is 8.04.